The first-order chi connectivity index (χ1) is 44.1. The van der Waals surface area contributed by atoms with Gasteiger partial charge in [0.2, 0.25) is 0 Å². The molecule has 464 valence electrons. The summed E-state index contributed by atoms with van der Waals surface area (Å²) < 4.78 is 4.71. The van der Waals surface area contributed by atoms with Gasteiger partial charge in [0.15, 0.2) is 12.1 Å². The van der Waals surface area contributed by atoms with Crippen molar-refractivity contribution in [3.8, 4) is 63.2 Å². The van der Waals surface area contributed by atoms with E-state index < -0.39 is 0 Å². The summed E-state index contributed by atoms with van der Waals surface area (Å²) in [7, 11) is 0. The van der Waals surface area contributed by atoms with Crippen molar-refractivity contribution in [2.45, 2.75) is 139 Å². The predicted molar refractivity (Wildman–Crippen MR) is 385 cm³/mol. The number of ketones is 1. The number of aryl methyl sites for hydroxylation is 4. The lowest BCUT2D eigenvalue weighted by Crippen LogP contribution is -2.10. The number of rotatable bonds is 8. The summed E-state index contributed by atoms with van der Waals surface area (Å²) >= 11 is 0. The molecule has 12 aromatic rings. The summed E-state index contributed by atoms with van der Waals surface area (Å²) in [6, 6.07) is 71.3. The van der Waals surface area contributed by atoms with Crippen LogP contribution in [0, 0.1) is 61.7 Å². The number of fused-ring (bicyclic) bond motifs is 6. The standard InChI is InChI=1S/C47H42N4.C29H33NO.C9H7NO/c1-29-23-35(51-40-21-19-33(46(3,4)5)25-36(40)37-26-34(47(6,7)8)20-22-41(37)51)24-30(2)42(29)43-38(27-48)44(31-15-11-9-12-16-31)50-45(39(43)28-49)32-17-13-10-14-18-32;1-18-13-22(14-19(2)25(18)17-31)30-26-11-9-20(28(3,4)5)15-23(26)24-16-21(29(6,7)8)10-12-27(24)30;10-7-6-9(11)8-4-2-1-3-5-8/h9-26H,1-8H3;9-17H,1-8H3;1-5H,6H2. The lowest BCUT2D eigenvalue weighted by molar-refractivity contribution is 0.0997. The van der Waals surface area contributed by atoms with Gasteiger partial charge in [-0.3, -0.25) is 9.59 Å². The van der Waals surface area contributed by atoms with Crippen molar-refractivity contribution in [3.63, 3.8) is 0 Å². The average molecular weight is 1220 g/mol. The van der Waals surface area contributed by atoms with Gasteiger partial charge in [-0.05, 0) is 172 Å². The molecule has 12 rings (SSSR count). The van der Waals surface area contributed by atoms with E-state index in [0.29, 0.717) is 33.6 Å². The Morgan fingerprint density at radius 2 is 0.731 bits per heavy atom. The van der Waals surface area contributed by atoms with E-state index in [0.717, 1.165) is 73.2 Å². The van der Waals surface area contributed by atoms with Gasteiger partial charge in [0.25, 0.3) is 0 Å². The minimum Gasteiger partial charge on any atom is -0.309 e. The molecule has 3 aromatic heterocycles. The van der Waals surface area contributed by atoms with Crippen LogP contribution in [-0.4, -0.2) is 26.2 Å². The van der Waals surface area contributed by atoms with E-state index in [1.54, 1.807) is 24.3 Å². The number of nitriles is 3. The summed E-state index contributed by atoms with van der Waals surface area (Å²) in [5.41, 5.74) is 22.8. The second-order valence-corrected chi connectivity index (χ2v) is 28.7. The zero-order valence-corrected chi connectivity index (χ0v) is 56.7. The predicted octanol–water partition coefficient (Wildman–Crippen LogP) is 21.7. The van der Waals surface area contributed by atoms with Crippen LogP contribution in [0.4, 0.5) is 0 Å². The lowest BCUT2D eigenvalue weighted by Gasteiger charge is -2.21. The van der Waals surface area contributed by atoms with E-state index in [4.69, 9.17) is 10.2 Å². The first-order valence-electron chi connectivity index (χ1n) is 31.9. The highest BCUT2D eigenvalue weighted by atomic mass is 16.1. The fourth-order valence-electron chi connectivity index (χ4n) is 12.7. The number of benzene rings is 9. The molecule has 3 heterocycles. The van der Waals surface area contributed by atoms with Gasteiger partial charge in [0, 0.05) is 60.7 Å². The van der Waals surface area contributed by atoms with Crippen LogP contribution < -0.4 is 0 Å². The maximum atomic E-state index is 11.5. The average Bonchev–Trinajstić information content (AvgIpc) is 1.67. The van der Waals surface area contributed by atoms with Gasteiger partial charge in [0.1, 0.15) is 12.1 Å². The van der Waals surface area contributed by atoms with Gasteiger partial charge in [-0.15, -0.1) is 0 Å². The summed E-state index contributed by atoms with van der Waals surface area (Å²) in [6.45, 7) is 35.3. The third kappa shape index (κ3) is 13.1. The van der Waals surface area contributed by atoms with E-state index in [9.17, 15) is 20.1 Å². The number of pyridine rings is 1. The molecule has 0 fully saturated rings. The van der Waals surface area contributed by atoms with Crippen molar-refractivity contribution in [2.75, 3.05) is 0 Å². The highest BCUT2D eigenvalue weighted by molar-refractivity contribution is 6.11. The Balaban J connectivity index is 0.000000189. The smallest absolute Gasteiger partial charge is 0.176 e. The molecule has 0 N–H and O–H groups in total. The van der Waals surface area contributed by atoms with Gasteiger partial charge in [-0.1, -0.05) is 198 Å². The van der Waals surface area contributed by atoms with Gasteiger partial charge < -0.3 is 9.13 Å². The maximum absolute atomic E-state index is 11.5. The van der Waals surface area contributed by atoms with Crippen LogP contribution in [0.5, 0.6) is 0 Å². The Labute approximate surface area is 549 Å². The second-order valence-electron chi connectivity index (χ2n) is 28.7. The van der Waals surface area contributed by atoms with E-state index in [2.05, 4.69) is 215 Å². The van der Waals surface area contributed by atoms with Gasteiger partial charge in [-0.25, -0.2) is 4.98 Å². The topological polar surface area (TPSA) is 128 Å². The Hall–Kier alpha value is -10.5. The van der Waals surface area contributed by atoms with Crippen molar-refractivity contribution in [2.24, 2.45) is 0 Å². The molecule has 8 nitrogen and oxygen atoms in total. The van der Waals surface area contributed by atoms with E-state index in [1.165, 1.54) is 54.8 Å². The summed E-state index contributed by atoms with van der Waals surface area (Å²) in [6.07, 6.45) is 0.926. The van der Waals surface area contributed by atoms with Crippen molar-refractivity contribution in [1.29, 1.82) is 15.8 Å². The number of aromatic nitrogens is 3. The fraction of sp³-hybridized carbons (Fsp3) is 0.247. The SMILES string of the molecule is Cc1cc(-n2c3ccc(C(C)(C)C)cc3c3cc(C(C)(C)C)ccc32)cc(C)c1-c1c(C#N)c(-c2ccccc2)nc(-c2ccccc2)c1C#N.Cc1cc(-n2c3ccc(C(C)(C)C)cc3c3cc(C(C)(C)C)ccc32)cc(C)c1C=O.N#CCC(=O)c1ccccc1. The molecule has 0 aliphatic heterocycles. The van der Waals surface area contributed by atoms with Gasteiger partial charge >= 0.3 is 0 Å². The molecule has 0 bridgehead atoms. The summed E-state index contributed by atoms with van der Waals surface area (Å²) in [5.74, 6) is -0.117. The van der Waals surface area contributed by atoms with Gasteiger partial charge in [0.05, 0.1) is 57.1 Å². The lowest BCUT2D eigenvalue weighted by atomic mass is 9.85. The molecular weight excluding hydrogens is 1140 g/mol. The van der Waals surface area contributed by atoms with Crippen LogP contribution in [0.2, 0.25) is 0 Å². The quantitative estimate of drug-likeness (QED) is 0.110. The molecule has 0 saturated heterocycles. The van der Waals surface area contributed by atoms with E-state index >= 15 is 0 Å². The summed E-state index contributed by atoms with van der Waals surface area (Å²) in [4.78, 5) is 27.6. The second kappa shape index (κ2) is 25.7. The first-order valence-corrected chi connectivity index (χ1v) is 31.9. The number of Topliss-reactive ketones (excluding diaryl/α,β-unsaturated/α-hetero) is 1. The van der Waals surface area contributed by atoms with E-state index in [1.807, 2.05) is 86.6 Å². The Bertz CT molecular complexity index is 4750. The van der Waals surface area contributed by atoms with Crippen LogP contribution in [-0.2, 0) is 21.7 Å². The Morgan fingerprint density at radius 3 is 1.02 bits per heavy atom. The number of aldehydes is 1. The maximum Gasteiger partial charge on any atom is 0.176 e. The highest BCUT2D eigenvalue weighted by Crippen LogP contribution is 2.45. The third-order valence-electron chi connectivity index (χ3n) is 17.8. The molecule has 0 saturated carbocycles. The molecular formula is C85H82N6O2. The number of hydrogen-bond acceptors (Lipinski definition) is 6. The normalized spacial score (nSPS) is 11.8. The minimum absolute atomic E-state index is 0.0116. The Kier molecular flexibility index (Phi) is 18.1. The zero-order valence-electron chi connectivity index (χ0n) is 56.7. The summed E-state index contributed by atoms with van der Waals surface area (Å²) in [5, 5.41) is 34.8. The fourth-order valence-corrected chi connectivity index (χ4v) is 12.7. The van der Waals surface area contributed by atoms with Gasteiger partial charge in [-0.2, -0.15) is 15.8 Å². The molecule has 8 heteroatoms. The van der Waals surface area contributed by atoms with Crippen molar-refractivity contribution < 1.29 is 9.59 Å². The first kappa shape index (κ1) is 65.5. The molecule has 0 radical (unpaired) electrons. The van der Waals surface area contributed by atoms with Crippen molar-refractivity contribution in [3.05, 3.63) is 255 Å². The van der Waals surface area contributed by atoms with Crippen molar-refractivity contribution >= 4 is 55.7 Å². The molecule has 0 atom stereocenters. The number of carbonyl (C=O) groups is 2. The van der Waals surface area contributed by atoms with Crippen LogP contribution in [0.1, 0.15) is 166 Å². The zero-order chi connectivity index (χ0) is 67.1. The molecule has 93 heavy (non-hydrogen) atoms. The molecule has 0 aliphatic rings. The molecule has 0 unspecified atom stereocenters. The minimum atomic E-state index is -0.117. The van der Waals surface area contributed by atoms with Crippen LogP contribution in [0.3, 0.4) is 0 Å². The molecule has 0 aliphatic carbocycles. The molecule has 0 amide bonds. The van der Waals surface area contributed by atoms with Crippen molar-refractivity contribution in [1.82, 2.24) is 14.1 Å². The Morgan fingerprint density at radius 1 is 0.419 bits per heavy atom. The van der Waals surface area contributed by atoms with Crippen LogP contribution in [0.25, 0.3) is 88.6 Å². The highest BCUT2D eigenvalue weighted by Gasteiger charge is 2.28. The van der Waals surface area contributed by atoms with Crippen LogP contribution in [0.15, 0.2) is 188 Å². The molecule has 9 aromatic carbocycles. The number of hydrogen-bond donors (Lipinski definition) is 0. The monoisotopic (exact) mass is 1220 g/mol. The number of carbonyl (C=O) groups excluding carboxylic acids is 2. The molecule has 0 spiro atoms. The van der Waals surface area contributed by atoms with E-state index in [-0.39, 0.29) is 33.9 Å². The number of nitrogens with zero attached hydrogens (tertiary/aromatic N) is 6. The third-order valence-corrected chi connectivity index (χ3v) is 17.8. The van der Waals surface area contributed by atoms with Crippen LogP contribution >= 0.6 is 0 Å². The largest absolute Gasteiger partial charge is 0.309 e.